The molecule has 0 radical (unpaired) electrons. The van der Waals surface area contributed by atoms with Crippen molar-refractivity contribution < 1.29 is 0 Å². The van der Waals surface area contributed by atoms with Crippen molar-refractivity contribution in [2.75, 3.05) is 5.73 Å². The highest BCUT2D eigenvalue weighted by Crippen LogP contribution is 2.38. The molecule has 1 aliphatic carbocycles. The summed E-state index contributed by atoms with van der Waals surface area (Å²) in [5.74, 6) is 0.738. The smallest absolute Gasteiger partial charge is 0.106 e. The molecule has 1 heterocycles. The summed E-state index contributed by atoms with van der Waals surface area (Å²) in [5, 5.41) is 2.09. The van der Waals surface area contributed by atoms with Crippen LogP contribution in [0.3, 0.4) is 0 Å². The summed E-state index contributed by atoms with van der Waals surface area (Å²) >= 11 is 1.64. The highest BCUT2D eigenvalue weighted by Gasteiger charge is 2.21. The van der Waals surface area contributed by atoms with Gasteiger partial charge in [-0.25, -0.2) is 4.98 Å². The molecule has 0 unspecified atom stereocenters. The molecule has 0 saturated heterocycles. The van der Waals surface area contributed by atoms with Gasteiger partial charge in [0.1, 0.15) is 5.00 Å². The molecule has 0 aliphatic heterocycles. The van der Waals surface area contributed by atoms with E-state index >= 15 is 0 Å². The number of hydrogen-bond acceptors (Lipinski definition) is 3. The second-order valence-corrected chi connectivity index (χ2v) is 3.82. The zero-order valence-electron chi connectivity index (χ0n) is 6.12. The van der Waals surface area contributed by atoms with E-state index < -0.39 is 0 Å². The van der Waals surface area contributed by atoms with Gasteiger partial charge in [-0.1, -0.05) is 6.42 Å². The largest absolute Gasteiger partial charge is 0.389 e. The number of aromatic nitrogens is 1. The van der Waals surface area contributed by atoms with E-state index in [1.165, 1.54) is 24.3 Å². The van der Waals surface area contributed by atoms with E-state index in [-0.39, 0.29) is 12.4 Å². The number of hydrogen-bond donors (Lipinski definition) is 1. The summed E-state index contributed by atoms with van der Waals surface area (Å²) in [6.45, 7) is 0. The topological polar surface area (TPSA) is 38.9 Å². The molecular weight excluding hydrogens is 180 g/mol. The monoisotopic (exact) mass is 190 g/mol. The zero-order chi connectivity index (χ0) is 6.97. The summed E-state index contributed by atoms with van der Waals surface area (Å²) in [6, 6.07) is 0. The molecule has 1 aromatic rings. The number of rotatable bonds is 1. The van der Waals surface area contributed by atoms with Gasteiger partial charge < -0.3 is 5.73 Å². The Balaban J connectivity index is 0.000000605. The lowest BCUT2D eigenvalue weighted by molar-refractivity contribution is 0.418. The fourth-order valence-electron chi connectivity index (χ4n) is 1.14. The maximum atomic E-state index is 5.55. The number of nitrogen functional groups attached to an aromatic ring is 1. The Morgan fingerprint density at radius 2 is 2.27 bits per heavy atom. The first-order valence-electron chi connectivity index (χ1n) is 3.57. The van der Waals surface area contributed by atoms with Gasteiger partial charge in [0, 0.05) is 5.92 Å². The predicted octanol–water partition coefficient (Wildman–Crippen LogP) is 2.41. The Morgan fingerprint density at radius 1 is 1.55 bits per heavy atom. The molecule has 0 atom stereocenters. The van der Waals surface area contributed by atoms with Gasteiger partial charge in [-0.3, -0.25) is 0 Å². The highest BCUT2D eigenvalue weighted by molar-refractivity contribution is 7.15. The van der Waals surface area contributed by atoms with Crippen LogP contribution in [0.1, 0.15) is 30.2 Å². The first kappa shape index (κ1) is 8.81. The summed E-state index contributed by atoms with van der Waals surface area (Å²) < 4.78 is 0. The Kier molecular flexibility index (Phi) is 2.73. The SMILES string of the molecule is Cl.Nc1cnc(C2CCC2)s1. The number of halogens is 1. The molecular formula is C7H11ClN2S. The van der Waals surface area contributed by atoms with Crippen molar-refractivity contribution in [1.29, 1.82) is 0 Å². The quantitative estimate of drug-likeness (QED) is 0.739. The van der Waals surface area contributed by atoms with Crippen LogP contribution in [0, 0.1) is 0 Å². The first-order valence-corrected chi connectivity index (χ1v) is 4.39. The average molecular weight is 191 g/mol. The number of anilines is 1. The van der Waals surface area contributed by atoms with E-state index in [1.807, 2.05) is 0 Å². The second-order valence-electron chi connectivity index (χ2n) is 2.73. The van der Waals surface area contributed by atoms with E-state index in [9.17, 15) is 0 Å². The minimum absolute atomic E-state index is 0. The molecule has 0 bridgehead atoms. The van der Waals surface area contributed by atoms with Crippen LogP contribution in [-0.2, 0) is 0 Å². The fourth-order valence-corrected chi connectivity index (χ4v) is 2.00. The van der Waals surface area contributed by atoms with Crippen LogP contribution in [-0.4, -0.2) is 4.98 Å². The van der Waals surface area contributed by atoms with E-state index in [0.29, 0.717) is 0 Å². The van der Waals surface area contributed by atoms with Gasteiger partial charge in [-0.05, 0) is 12.8 Å². The van der Waals surface area contributed by atoms with Gasteiger partial charge in [0.15, 0.2) is 0 Å². The van der Waals surface area contributed by atoms with Gasteiger partial charge in [0.05, 0.1) is 11.2 Å². The van der Waals surface area contributed by atoms with Crippen molar-refractivity contribution >= 4 is 28.7 Å². The lowest BCUT2D eigenvalue weighted by Gasteiger charge is -2.22. The molecule has 2 rings (SSSR count). The summed E-state index contributed by atoms with van der Waals surface area (Å²) in [4.78, 5) is 4.23. The molecule has 0 aromatic carbocycles. The summed E-state index contributed by atoms with van der Waals surface area (Å²) in [7, 11) is 0. The lowest BCUT2D eigenvalue weighted by atomic mass is 9.86. The summed E-state index contributed by atoms with van der Waals surface area (Å²) in [5.41, 5.74) is 5.55. The Bertz CT molecular complexity index is 232. The van der Waals surface area contributed by atoms with Crippen molar-refractivity contribution in [2.45, 2.75) is 25.2 Å². The van der Waals surface area contributed by atoms with Crippen LogP contribution in [0.15, 0.2) is 6.20 Å². The maximum Gasteiger partial charge on any atom is 0.106 e. The van der Waals surface area contributed by atoms with Crippen molar-refractivity contribution in [1.82, 2.24) is 4.98 Å². The van der Waals surface area contributed by atoms with Crippen LogP contribution in [0.25, 0.3) is 0 Å². The van der Waals surface area contributed by atoms with Crippen LogP contribution in [0.2, 0.25) is 0 Å². The van der Waals surface area contributed by atoms with Crippen molar-refractivity contribution in [3.8, 4) is 0 Å². The molecule has 0 amide bonds. The molecule has 11 heavy (non-hydrogen) atoms. The molecule has 1 saturated carbocycles. The number of nitrogens with two attached hydrogens (primary N) is 1. The number of nitrogens with zero attached hydrogens (tertiary/aromatic N) is 1. The van der Waals surface area contributed by atoms with E-state index in [0.717, 1.165) is 10.9 Å². The third-order valence-electron chi connectivity index (χ3n) is 2.00. The zero-order valence-corrected chi connectivity index (χ0v) is 7.75. The minimum Gasteiger partial charge on any atom is -0.389 e. The first-order chi connectivity index (χ1) is 4.86. The van der Waals surface area contributed by atoms with Crippen LogP contribution >= 0.6 is 23.7 Å². The molecule has 62 valence electrons. The highest BCUT2D eigenvalue weighted by atomic mass is 35.5. The molecule has 0 spiro atoms. The summed E-state index contributed by atoms with van der Waals surface area (Å²) in [6.07, 6.45) is 5.75. The fraction of sp³-hybridized carbons (Fsp3) is 0.571. The van der Waals surface area contributed by atoms with Gasteiger partial charge in [0.25, 0.3) is 0 Å². The van der Waals surface area contributed by atoms with Crippen molar-refractivity contribution in [2.24, 2.45) is 0 Å². The lowest BCUT2D eigenvalue weighted by Crippen LogP contribution is -2.07. The standard InChI is InChI=1S/C7H10N2S.ClH/c8-6-4-9-7(10-6)5-2-1-3-5;/h4-5H,1-3,8H2;1H. The Hall–Kier alpha value is -0.280. The van der Waals surface area contributed by atoms with Gasteiger partial charge >= 0.3 is 0 Å². The van der Waals surface area contributed by atoms with Gasteiger partial charge in [0.2, 0.25) is 0 Å². The van der Waals surface area contributed by atoms with E-state index in [2.05, 4.69) is 4.98 Å². The van der Waals surface area contributed by atoms with Gasteiger partial charge in [-0.15, -0.1) is 23.7 Å². The van der Waals surface area contributed by atoms with Gasteiger partial charge in [-0.2, -0.15) is 0 Å². The molecule has 1 fully saturated rings. The maximum absolute atomic E-state index is 5.55. The molecule has 4 heteroatoms. The second kappa shape index (κ2) is 3.41. The number of thiazole rings is 1. The van der Waals surface area contributed by atoms with Crippen LogP contribution < -0.4 is 5.73 Å². The third kappa shape index (κ3) is 1.65. The Labute approximate surface area is 76.2 Å². The van der Waals surface area contributed by atoms with Crippen LogP contribution in [0.5, 0.6) is 0 Å². The average Bonchev–Trinajstić information content (AvgIpc) is 2.10. The molecule has 2 nitrogen and oxygen atoms in total. The minimum atomic E-state index is 0. The third-order valence-corrected chi connectivity index (χ3v) is 2.98. The van der Waals surface area contributed by atoms with Crippen molar-refractivity contribution in [3.63, 3.8) is 0 Å². The van der Waals surface area contributed by atoms with Crippen molar-refractivity contribution in [3.05, 3.63) is 11.2 Å². The molecule has 1 aromatic heterocycles. The Morgan fingerprint density at radius 3 is 2.64 bits per heavy atom. The van der Waals surface area contributed by atoms with E-state index in [1.54, 1.807) is 17.5 Å². The molecule has 1 aliphatic rings. The molecule has 2 N–H and O–H groups in total. The van der Waals surface area contributed by atoms with E-state index in [4.69, 9.17) is 5.73 Å². The normalized spacial score (nSPS) is 17.1. The van der Waals surface area contributed by atoms with Crippen LogP contribution in [0.4, 0.5) is 5.00 Å². The predicted molar refractivity (Wildman–Crippen MR) is 50.4 cm³/mol.